The van der Waals surface area contributed by atoms with Crippen LogP contribution in [0.15, 0.2) is 5.38 Å². The lowest BCUT2D eigenvalue weighted by molar-refractivity contribution is -0.127. The molecule has 106 valence electrons. The lowest BCUT2D eigenvalue weighted by atomic mass is 9.82. The molecule has 1 aromatic rings. The number of aromatic nitrogens is 1. The van der Waals surface area contributed by atoms with Crippen molar-refractivity contribution < 1.29 is 4.79 Å². The maximum Gasteiger partial charge on any atom is 0.240 e. The summed E-state index contributed by atoms with van der Waals surface area (Å²) in [5.74, 6) is 0.411. The van der Waals surface area contributed by atoms with E-state index in [-0.39, 0.29) is 5.91 Å². The molecule has 0 spiro atoms. The van der Waals surface area contributed by atoms with Crippen LogP contribution in [0.1, 0.15) is 62.6 Å². The number of nitrogens with zero attached hydrogens (tertiary/aromatic N) is 1. The second kappa shape index (κ2) is 6.01. The van der Waals surface area contributed by atoms with Gasteiger partial charge in [-0.05, 0) is 18.8 Å². The molecule has 4 nitrogen and oxygen atoms in total. The third kappa shape index (κ3) is 3.54. The fourth-order valence-electron chi connectivity index (χ4n) is 2.41. The second-order valence-electron chi connectivity index (χ2n) is 5.72. The first-order valence-electron chi connectivity index (χ1n) is 7.03. The van der Waals surface area contributed by atoms with Crippen LogP contribution in [-0.4, -0.2) is 16.4 Å². The van der Waals surface area contributed by atoms with Crippen LogP contribution in [0.3, 0.4) is 0 Å². The molecular weight excluding hydrogens is 258 g/mol. The van der Waals surface area contributed by atoms with Gasteiger partial charge < -0.3 is 11.1 Å². The summed E-state index contributed by atoms with van der Waals surface area (Å²) in [6.07, 6.45) is 4.90. The van der Waals surface area contributed by atoms with Gasteiger partial charge in [-0.3, -0.25) is 4.79 Å². The number of hydrogen-bond acceptors (Lipinski definition) is 4. The molecule has 5 heteroatoms. The highest BCUT2D eigenvalue weighted by atomic mass is 32.1. The number of carbonyl (C=O) groups is 1. The van der Waals surface area contributed by atoms with Crippen LogP contribution < -0.4 is 11.1 Å². The lowest BCUT2D eigenvalue weighted by Gasteiger charge is -2.31. The monoisotopic (exact) mass is 281 g/mol. The summed E-state index contributed by atoms with van der Waals surface area (Å²) >= 11 is 1.60. The van der Waals surface area contributed by atoms with E-state index in [0.717, 1.165) is 36.4 Å². The van der Waals surface area contributed by atoms with E-state index in [1.54, 1.807) is 11.3 Å². The van der Waals surface area contributed by atoms with Crippen molar-refractivity contribution in [3.05, 3.63) is 16.1 Å². The van der Waals surface area contributed by atoms with Crippen LogP contribution >= 0.6 is 11.3 Å². The van der Waals surface area contributed by atoms with E-state index < -0.39 is 5.54 Å². The van der Waals surface area contributed by atoms with Crippen molar-refractivity contribution in [1.82, 2.24) is 10.3 Å². The summed E-state index contributed by atoms with van der Waals surface area (Å²) in [6, 6.07) is 0. The molecule has 0 bridgehead atoms. The number of rotatable bonds is 4. The molecule has 3 N–H and O–H groups in total. The van der Waals surface area contributed by atoms with Gasteiger partial charge in [0.05, 0.1) is 17.8 Å². The molecule has 0 radical (unpaired) electrons. The number of amides is 1. The molecule has 0 unspecified atom stereocenters. The molecule has 1 amide bonds. The highest BCUT2D eigenvalue weighted by Gasteiger charge is 2.34. The molecule has 2 rings (SSSR count). The molecule has 0 aromatic carbocycles. The molecular formula is C14H23N3OS. The minimum atomic E-state index is -0.656. The van der Waals surface area contributed by atoms with Crippen LogP contribution in [0.25, 0.3) is 0 Å². The van der Waals surface area contributed by atoms with Gasteiger partial charge in [-0.1, -0.05) is 33.1 Å². The summed E-state index contributed by atoms with van der Waals surface area (Å²) in [5.41, 5.74) is 6.63. The van der Waals surface area contributed by atoms with Gasteiger partial charge in [-0.15, -0.1) is 11.3 Å². The van der Waals surface area contributed by atoms with Gasteiger partial charge in [0.2, 0.25) is 5.91 Å². The minimum absolute atomic E-state index is 0.0199. The molecule has 1 aliphatic rings. The maximum atomic E-state index is 12.2. The Balaban J connectivity index is 1.88. The quantitative estimate of drug-likeness (QED) is 0.891. The van der Waals surface area contributed by atoms with Crippen molar-refractivity contribution in [2.45, 2.75) is 64.0 Å². The predicted molar refractivity (Wildman–Crippen MR) is 78.1 cm³/mol. The maximum absolute atomic E-state index is 12.2. The number of nitrogens with two attached hydrogens (primary N) is 1. The van der Waals surface area contributed by atoms with Gasteiger partial charge >= 0.3 is 0 Å². The highest BCUT2D eigenvalue weighted by molar-refractivity contribution is 7.09. The molecule has 1 aliphatic carbocycles. The van der Waals surface area contributed by atoms with Gasteiger partial charge in [0, 0.05) is 5.38 Å². The van der Waals surface area contributed by atoms with Gasteiger partial charge in [0.15, 0.2) is 0 Å². The summed E-state index contributed by atoms with van der Waals surface area (Å²) in [6.45, 7) is 4.73. The number of hydrogen-bond donors (Lipinski definition) is 2. The topological polar surface area (TPSA) is 68.0 Å². The Labute approximate surface area is 118 Å². The molecule has 19 heavy (non-hydrogen) atoms. The van der Waals surface area contributed by atoms with Crippen LogP contribution in [0, 0.1) is 0 Å². The van der Waals surface area contributed by atoms with Crippen LogP contribution in [0.4, 0.5) is 0 Å². The Kier molecular flexibility index (Phi) is 4.58. The van der Waals surface area contributed by atoms with E-state index in [9.17, 15) is 4.79 Å². The van der Waals surface area contributed by atoms with Crippen LogP contribution in [0.5, 0.6) is 0 Å². The first-order chi connectivity index (χ1) is 9.01. The molecule has 1 saturated carbocycles. The Morgan fingerprint density at radius 1 is 1.47 bits per heavy atom. The molecule has 0 saturated heterocycles. The second-order valence-corrected chi connectivity index (χ2v) is 6.66. The zero-order chi connectivity index (χ0) is 13.9. The van der Waals surface area contributed by atoms with E-state index in [2.05, 4.69) is 29.5 Å². The predicted octanol–water partition coefficient (Wildman–Crippen LogP) is 2.54. The zero-order valence-corrected chi connectivity index (χ0v) is 12.6. The molecule has 1 aromatic heterocycles. The smallest absolute Gasteiger partial charge is 0.240 e. The van der Waals surface area contributed by atoms with Gasteiger partial charge in [0.1, 0.15) is 5.01 Å². The Bertz CT molecular complexity index is 436. The van der Waals surface area contributed by atoms with E-state index in [4.69, 9.17) is 5.73 Å². The summed E-state index contributed by atoms with van der Waals surface area (Å²) in [5, 5.41) is 5.96. The third-order valence-electron chi connectivity index (χ3n) is 3.76. The van der Waals surface area contributed by atoms with Gasteiger partial charge in [0.25, 0.3) is 0 Å². The van der Waals surface area contributed by atoms with E-state index >= 15 is 0 Å². The zero-order valence-electron chi connectivity index (χ0n) is 11.7. The average Bonchev–Trinajstić information content (AvgIpc) is 2.85. The molecule has 1 fully saturated rings. The molecule has 1 heterocycles. The lowest BCUT2D eigenvalue weighted by Crippen LogP contribution is -2.54. The van der Waals surface area contributed by atoms with Crippen molar-refractivity contribution in [1.29, 1.82) is 0 Å². The summed E-state index contributed by atoms with van der Waals surface area (Å²) < 4.78 is 0. The Hall–Kier alpha value is -0.940. The van der Waals surface area contributed by atoms with Gasteiger partial charge in [-0.25, -0.2) is 4.98 Å². The van der Waals surface area contributed by atoms with Crippen molar-refractivity contribution in [3.63, 3.8) is 0 Å². The summed E-state index contributed by atoms with van der Waals surface area (Å²) in [7, 11) is 0. The first kappa shape index (κ1) is 14.5. The van der Waals surface area contributed by atoms with Crippen molar-refractivity contribution in [2.75, 3.05) is 0 Å². The number of thiazole rings is 1. The fourth-order valence-corrected chi connectivity index (χ4v) is 3.31. The number of carbonyl (C=O) groups excluding carboxylic acids is 1. The van der Waals surface area contributed by atoms with Crippen molar-refractivity contribution >= 4 is 17.2 Å². The Morgan fingerprint density at radius 3 is 2.74 bits per heavy atom. The highest BCUT2D eigenvalue weighted by Crippen LogP contribution is 2.26. The van der Waals surface area contributed by atoms with Gasteiger partial charge in [-0.2, -0.15) is 0 Å². The molecule has 0 aliphatic heterocycles. The van der Waals surface area contributed by atoms with E-state index in [0.29, 0.717) is 12.5 Å². The molecule has 0 atom stereocenters. The van der Waals surface area contributed by atoms with Crippen LogP contribution in [-0.2, 0) is 11.3 Å². The van der Waals surface area contributed by atoms with Crippen molar-refractivity contribution in [3.8, 4) is 0 Å². The van der Waals surface area contributed by atoms with Crippen molar-refractivity contribution in [2.24, 2.45) is 5.73 Å². The normalized spacial score (nSPS) is 18.5. The first-order valence-corrected chi connectivity index (χ1v) is 7.91. The third-order valence-corrected chi connectivity index (χ3v) is 4.63. The Morgan fingerprint density at radius 2 is 2.16 bits per heavy atom. The SMILES string of the molecule is CC(C)c1csc(CNC(=O)C2(N)CCCCC2)n1. The van der Waals surface area contributed by atoms with Crippen LogP contribution in [0.2, 0.25) is 0 Å². The summed E-state index contributed by atoms with van der Waals surface area (Å²) in [4.78, 5) is 16.7. The minimum Gasteiger partial charge on any atom is -0.348 e. The van der Waals surface area contributed by atoms with E-state index in [1.807, 2.05) is 0 Å². The standard InChI is InChI=1S/C14H23N3OS/c1-10(2)11-9-19-12(17-11)8-16-13(18)14(15)6-4-3-5-7-14/h9-10H,3-8,15H2,1-2H3,(H,16,18). The fraction of sp³-hybridized carbons (Fsp3) is 0.714. The number of nitrogens with one attached hydrogen (secondary N) is 1. The largest absolute Gasteiger partial charge is 0.348 e. The average molecular weight is 281 g/mol. The van der Waals surface area contributed by atoms with E-state index in [1.165, 1.54) is 6.42 Å².